The number of hydrogen-bond acceptors (Lipinski definition) is 0. The molecule has 0 saturated heterocycles. The van der Waals surface area contributed by atoms with Gasteiger partial charge >= 0.3 is 0 Å². The molecule has 0 aromatic heterocycles. The molecule has 0 aromatic carbocycles. The van der Waals surface area contributed by atoms with Crippen molar-refractivity contribution < 1.29 is 0 Å². The molecule has 62 valence electrons. The second kappa shape index (κ2) is 5.96. The van der Waals surface area contributed by atoms with Gasteiger partial charge in [0.2, 0.25) is 0 Å². The van der Waals surface area contributed by atoms with Gasteiger partial charge in [-0.3, -0.25) is 0 Å². The van der Waals surface area contributed by atoms with E-state index in [9.17, 15) is 0 Å². The van der Waals surface area contributed by atoms with E-state index in [2.05, 4.69) is 32.2 Å². The van der Waals surface area contributed by atoms with Crippen LogP contribution in [0.2, 0.25) is 0 Å². The molecule has 0 bridgehead atoms. The Balaban J connectivity index is 3.88. The number of rotatable bonds is 5. The molecular formula is C11H18. The van der Waals surface area contributed by atoms with Gasteiger partial charge in [-0.25, -0.2) is 0 Å². The largest absolute Gasteiger partial charge is 0.103 e. The predicted octanol–water partition coefficient (Wildman–Crippen LogP) is 3.72. The fraction of sp³-hybridized carbons (Fsp3) is 0.455. The van der Waals surface area contributed by atoms with Gasteiger partial charge in [-0.2, -0.15) is 0 Å². The quantitative estimate of drug-likeness (QED) is 0.524. The summed E-state index contributed by atoms with van der Waals surface area (Å²) in [5.41, 5.74) is 1.25. The normalized spacial score (nSPS) is 13.3. The molecule has 0 aromatic rings. The summed E-state index contributed by atoms with van der Waals surface area (Å²) in [6.07, 6.45) is 8.36. The molecule has 0 heteroatoms. The summed E-state index contributed by atoms with van der Waals surface area (Å²) in [6, 6.07) is 0. The van der Waals surface area contributed by atoms with Gasteiger partial charge in [-0.1, -0.05) is 30.4 Å². The van der Waals surface area contributed by atoms with Gasteiger partial charge in [0, 0.05) is 0 Å². The summed E-state index contributed by atoms with van der Waals surface area (Å²) in [7, 11) is 0. The fourth-order valence-corrected chi connectivity index (χ4v) is 1.00. The van der Waals surface area contributed by atoms with Crippen LogP contribution in [-0.2, 0) is 0 Å². The van der Waals surface area contributed by atoms with Gasteiger partial charge in [-0.15, -0.1) is 6.58 Å². The minimum atomic E-state index is 0.587. The van der Waals surface area contributed by atoms with Crippen molar-refractivity contribution in [2.24, 2.45) is 5.92 Å². The maximum atomic E-state index is 3.95. The van der Waals surface area contributed by atoms with Crippen molar-refractivity contribution in [2.75, 3.05) is 0 Å². The van der Waals surface area contributed by atoms with E-state index in [1.165, 1.54) is 5.57 Å². The van der Waals surface area contributed by atoms with E-state index in [1.807, 2.05) is 13.0 Å². The lowest BCUT2D eigenvalue weighted by Gasteiger charge is -2.11. The van der Waals surface area contributed by atoms with Crippen LogP contribution < -0.4 is 0 Å². The molecule has 0 fully saturated rings. The van der Waals surface area contributed by atoms with E-state index in [-0.39, 0.29) is 0 Å². The highest BCUT2D eigenvalue weighted by Crippen LogP contribution is 2.17. The van der Waals surface area contributed by atoms with Crippen molar-refractivity contribution in [2.45, 2.75) is 26.7 Å². The molecular weight excluding hydrogens is 132 g/mol. The van der Waals surface area contributed by atoms with Gasteiger partial charge in [-0.05, 0) is 32.6 Å². The third-order valence-electron chi connectivity index (χ3n) is 1.80. The summed E-state index contributed by atoms with van der Waals surface area (Å²) < 4.78 is 0. The molecule has 0 saturated carbocycles. The molecule has 0 heterocycles. The minimum Gasteiger partial charge on any atom is -0.103 e. The number of hydrogen-bond donors (Lipinski definition) is 0. The summed E-state index contributed by atoms with van der Waals surface area (Å²) >= 11 is 0. The zero-order chi connectivity index (χ0) is 8.69. The lowest BCUT2D eigenvalue weighted by molar-refractivity contribution is 0.636. The van der Waals surface area contributed by atoms with Crippen LogP contribution in [0.25, 0.3) is 0 Å². The average Bonchev–Trinajstić information content (AvgIpc) is 1.97. The zero-order valence-electron chi connectivity index (χ0n) is 7.64. The Hall–Kier alpha value is -0.780. The molecule has 0 radical (unpaired) electrons. The first-order valence-electron chi connectivity index (χ1n) is 4.09. The minimum absolute atomic E-state index is 0.587. The van der Waals surface area contributed by atoms with Crippen LogP contribution >= 0.6 is 0 Å². The van der Waals surface area contributed by atoms with Gasteiger partial charge in [0.1, 0.15) is 0 Å². The maximum Gasteiger partial charge on any atom is -0.0140 e. The predicted molar refractivity (Wildman–Crippen MR) is 52.5 cm³/mol. The molecule has 0 N–H and O–H groups in total. The van der Waals surface area contributed by atoms with E-state index < -0.39 is 0 Å². The highest BCUT2D eigenvalue weighted by atomic mass is 14.1. The Kier molecular flexibility index (Phi) is 5.54. The van der Waals surface area contributed by atoms with Crippen molar-refractivity contribution in [1.82, 2.24) is 0 Å². The van der Waals surface area contributed by atoms with Crippen molar-refractivity contribution in [3.8, 4) is 0 Å². The lowest BCUT2D eigenvalue weighted by Crippen LogP contribution is -1.97. The highest BCUT2D eigenvalue weighted by Gasteiger charge is 2.03. The first kappa shape index (κ1) is 10.2. The molecule has 0 spiro atoms. The van der Waals surface area contributed by atoms with Crippen LogP contribution in [0.4, 0.5) is 0 Å². The van der Waals surface area contributed by atoms with Crippen LogP contribution in [0, 0.1) is 5.92 Å². The zero-order valence-corrected chi connectivity index (χ0v) is 7.64. The lowest BCUT2D eigenvalue weighted by atomic mass is 9.94. The molecule has 1 atom stereocenters. The highest BCUT2D eigenvalue weighted by molar-refractivity contribution is 5.01. The second-order valence-electron chi connectivity index (χ2n) is 2.87. The van der Waals surface area contributed by atoms with Crippen LogP contribution in [0.3, 0.4) is 0 Å². The Morgan fingerprint density at radius 3 is 2.45 bits per heavy atom. The molecule has 0 aliphatic heterocycles. The van der Waals surface area contributed by atoms with Crippen LogP contribution in [0.5, 0.6) is 0 Å². The number of allylic oxidation sites excluding steroid dienone is 4. The van der Waals surface area contributed by atoms with E-state index >= 15 is 0 Å². The SMILES string of the molecule is C=CCC(C/C=C/C)C(=C)C. The van der Waals surface area contributed by atoms with Gasteiger partial charge < -0.3 is 0 Å². The maximum absolute atomic E-state index is 3.95. The molecule has 0 nitrogen and oxygen atoms in total. The third-order valence-corrected chi connectivity index (χ3v) is 1.80. The molecule has 0 aliphatic rings. The third kappa shape index (κ3) is 4.60. The molecule has 0 amide bonds. The second-order valence-corrected chi connectivity index (χ2v) is 2.87. The Bertz CT molecular complexity index is 151. The summed E-state index contributed by atoms with van der Waals surface area (Å²) in [5, 5.41) is 0. The average molecular weight is 150 g/mol. The van der Waals surface area contributed by atoms with E-state index in [1.54, 1.807) is 0 Å². The van der Waals surface area contributed by atoms with Crippen LogP contribution in [-0.4, -0.2) is 0 Å². The van der Waals surface area contributed by atoms with E-state index in [0.717, 1.165) is 12.8 Å². The van der Waals surface area contributed by atoms with E-state index in [4.69, 9.17) is 0 Å². The fourth-order valence-electron chi connectivity index (χ4n) is 1.00. The summed E-state index contributed by atoms with van der Waals surface area (Å²) in [6.45, 7) is 11.8. The Morgan fingerprint density at radius 2 is 2.09 bits per heavy atom. The Labute approximate surface area is 70.3 Å². The standard InChI is InChI=1S/C11H18/c1-5-7-9-11(8-6-2)10(3)4/h5-7,11H,2-3,8-9H2,1,4H3/b7-5+. The summed E-state index contributed by atoms with van der Waals surface area (Å²) in [5.74, 6) is 0.587. The summed E-state index contributed by atoms with van der Waals surface area (Å²) in [4.78, 5) is 0. The van der Waals surface area contributed by atoms with E-state index in [0.29, 0.717) is 5.92 Å². The van der Waals surface area contributed by atoms with Crippen molar-refractivity contribution >= 4 is 0 Å². The van der Waals surface area contributed by atoms with Gasteiger partial charge in [0.25, 0.3) is 0 Å². The Morgan fingerprint density at radius 1 is 1.45 bits per heavy atom. The molecule has 11 heavy (non-hydrogen) atoms. The van der Waals surface area contributed by atoms with Gasteiger partial charge in [0.05, 0.1) is 0 Å². The first-order valence-corrected chi connectivity index (χ1v) is 4.09. The monoisotopic (exact) mass is 150 g/mol. The first-order chi connectivity index (χ1) is 5.22. The van der Waals surface area contributed by atoms with Crippen molar-refractivity contribution in [1.29, 1.82) is 0 Å². The topological polar surface area (TPSA) is 0 Å². The van der Waals surface area contributed by atoms with Crippen molar-refractivity contribution in [3.05, 3.63) is 37.0 Å². The molecule has 0 aliphatic carbocycles. The molecule has 0 rings (SSSR count). The van der Waals surface area contributed by atoms with Crippen LogP contribution in [0.15, 0.2) is 37.0 Å². The van der Waals surface area contributed by atoms with Crippen LogP contribution in [0.1, 0.15) is 26.7 Å². The van der Waals surface area contributed by atoms with Crippen molar-refractivity contribution in [3.63, 3.8) is 0 Å². The van der Waals surface area contributed by atoms with Gasteiger partial charge in [0.15, 0.2) is 0 Å². The molecule has 1 unspecified atom stereocenters. The smallest absolute Gasteiger partial charge is 0.0140 e.